The van der Waals surface area contributed by atoms with E-state index in [9.17, 15) is 4.79 Å². The topological polar surface area (TPSA) is 26.3 Å². The van der Waals surface area contributed by atoms with Crippen molar-refractivity contribution in [2.24, 2.45) is 0 Å². The van der Waals surface area contributed by atoms with Crippen LogP contribution in [-0.2, 0) is 0 Å². The molecule has 1 fully saturated rings. The molecule has 5 heteroatoms. The monoisotopic (exact) mass is 288 g/mol. The van der Waals surface area contributed by atoms with Crippen LogP contribution in [0.2, 0.25) is 5.02 Å². The first-order valence-corrected chi connectivity index (χ1v) is 7.87. The molecule has 1 heterocycles. The summed E-state index contributed by atoms with van der Waals surface area (Å²) in [7, 11) is 1.56. The summed E-state index contributed by atoms with van der Waals surface area (Å²) in [5.41, 5.74) is 0.686. The van der Waals surface area contributed by atoms with Crippen LogP contribution in [0.4, 0.5) is 0 Å². The van der Waals surface area contributed by atoms with Crippen LogP contribution in [0.5, 0.6) is 5.75 Å². The minimum Gasteiger partial charge on any atom is -0.495 e. The number of thioether (sulfide) groups is 2. The summed E-state index contributed by atoms with van der Waals surface area (Å²) in [6.07, 6.45) is 0. The van der Waals surface area contributed by atoms with Gasteiger partial charge in [-0.25, -0.2) is 0 Å². The molecule has 1 saturated heterocycles. The van der Waals surface area contributed by atoms with E-state index in [-0.39, 0.29) is 11.0 Å². The van der Waals surface area contributed by atoms with Crippen LogP contribution in [0, 0.1) is 0 Å². The summed E-state index contributed by atoms with van der Waals surface area (Å²) < 4.78 is 5.13. The first kappa shape index (κ1) is 13.1. The number of hydrogen-bond donors (Lipinski definition) is 0. The molecule has 92 valence electrons. The van der Waals surface area contributed by atoms with E-state index in [0.717, 1.165) is 17.3 Å². The molecule has 0 aromatic heterocycles. The van der Waals surface area contributed by atoms with Crippen LogP contribution in [0.1, 0.15) is 10.4 Å². The molecule has 2 nitrogen and oxygen atoms in total. The number of carbonyl (C=O) groups is 1. The van der Waals surface area contributed by atoms with E-state index in [1.54, 1.807) is 37.1 Å². The molecule has 1 unspecified atom stereocenters. The average molecular weight is 289 g/mol. The molecule has 17 heavy (non-hydrogen) atoms. The summed E-state index contributed by atoms with van der Waals surface area (Å²) in [6.45, 7) is 0. The van der Waals surface area contributed by atoms with Crippen LogP contribution >= 0.6 is 35.1 Å². The van der Waals surface area contributed by atoms with Crippen LogP contribution < -0.4 is 4.74 Å². The Balaban J connectivity index is 2.18. The fourth-order valence-corrected chi connectivity index (χ4v) is 4.47. The van der Waals surface area contributed by atoms with Crippen molar-refractivity contribution in [2.75, 3.05) is 24.4 Å². The molecule has 1 aliphatic heterocycles. The SMILES string of the molecule is COc1cc(C(=O)C2CSCCS2)ccc1Cl. The molecule has 1 aromatic rings. The van der Waals surface area contributed by atoms with Crippen molar-refractivity contribution in [3.63, 3.8) is 0 Å². The molecule has 0 spiro atoms. The second kappa shape index (κ2) is 6.03. The molecule has 0 saturated carbocycles. The lowest BCUT2D eigenvalue weighted by atomic mass is 10.1. The van der Waals surface area contributed by atoms with Crippen molar-refractivity contribution in [2.45, 2.75) is 5.25 Å². The highest BCUT2D eigenvalue weighted by Crippen LogP contribution is 2.30. The van der Waals surface area contributed by atoms with Gasteiger partial charge in [0.15, 0.2) is 5.78 Å². The minimum absolute atomic E-state index is 0.0691. The summed E-state index contributed by atoms with van der Waals surface area (Å²) in [6, 6.07) is 5.21. The summed E-state index contributed by atoms with van der Waals surface area (Å²) in [5, 5.41) is 0.606. The normalized spacial score (nSPS) is 20.0. The van der Waals surface area contributed by atoms with Crippen LogP contribution in [-0.4, -0.2) is 35.4 Å². The van der Waals surface area contributed by atoms with Crippen LogP contribution in [0.15, 0.2) is 18.2 Å². The van der Waals surface area contributed by atoms with Crippen molar-refractivity contribution in [3.8, 4) is 5.75 Å². The third-order valence-corrected chi connectivity index (χ3v) is 5.61. The number of ketones is 1. The molecule has 2 rings (SSSR count). The van der Waals surface area contributed by atoms with Crippen molar-refractivity contribution < 1.29 is 9.53 Å². The van der Waals surface area contributed by atoms with E-state index in [2.05, 4.69) is 0 Å². The molecule has 1 aromatic carbocycles. The van der Waals surface area contributed by atoms with Gasteiger partial charge in [-0.15, -0.1) is 11.8 Å². The van der Waals surface area contributed by atoms with Crippen molar-refractivity contribution in [3.05, 3.63) is 28.8 Å². The number of ether oxygens (including phenoxy) is 1. The maximum atomic E-state index is 12.2. The lowest BCUT2D eigenvalue weighted by Crippen LogP contribution is -2.24. The zero-order chi connectivity index (χ0) is 12.3. The second-order valence-electron chi connectivity index (χ2n) is 3.65. The quantitative estimate of drug-likeness (QED) is 0.797. The van der Waals surface area contributed by atoms with Gasteiger partial charge in [-0.3, -0.25) is 4.79 Å². The minimum atomic E-state index is 0.0691. The maximum absolute atomic E-state index is 12.2. The van der Waals surface area contributed by atoms with E-state index in [0.29, 0.717) is 16.3 Å². The van der Waals surface area contributed by atoms with Crippen molar-refractivity contribution >= 4 is 40.9 Å². The summed E-state index contributed by atoms with van der Waals surface area (Å²) >= 11 is 9.52. The van der Waals surface area contributed by atoms with E-state index in [1.807, 2.05) is 11.8 Å². The van der Waals surface area contributed by atoms with Gasteiger partial charge < -0.3 is 4.74 Å². The fraction of sp³-hybridized carbons (Fsp3) is 0.417. The molecule has 0 aliphatic carbocycles. The Bertz CT molecular complexity index is 417. The number of halogens is 1. The number of rotatable bonds is 3. The second-order valence-corrected chi connectivity index (χ2v) is 6.52. The van der Waals surface area contributed by atoms with Gasteiger partial charge in [-0.1, -0.05) is 11.6 Å². The van der Waals surface area contributed by atoms with E-state index < -0.39 is 0 Å². The van der Waals surface area contributed by atoms with Gasteiger partial charge in [0.05, 0.1) is 17.4 Å². The van der Waals surface area contributed by atoms with E-state index in [4.69, 9.17) is 16.3 Å². The molecule has 0 N–H and O–H groups in total. The Kier molecular flexibility index (Phi) is 4.65. The molecule has 0 amide bonds. The highest BCUT2D eigenvalue weighted by atomic mass is 35.5. The Labute approximate surface area is 114 Å². The standard InChI is InChI=1S/C12H13ClO2S2/c1-15-10-6-8(2-3-9(10)13)12(14)11-7-16-4-5-17-11/h2-3,6,11H,4-5,7H2,1H3. The smallest absolute Gasteiger partial charge is 0.176 e. The average Bonchev–Trinajstić information content (AvgIpc) is 2.39. The van der Waals surface area contributed by atoms with Gasteiger partial charge in [0.25, 0.3) is 0 Å². The van der Waals surface area contributed by atoms with Gasteiger partial charge in [0.2, 0.25) is 0 Å². The largest absolute Gasteiger partial charge is 0.495 e. The highest BCUT2D eigenvalue weighted by Gasteiger charge is 2.23. The zero-order valence-electron chi connectivity index (χ0n) is 9.44. The summed E-state index contributed by atoms with van der Waals surface area (Å²) in [4.78, 5) is 12.2. The van der Waals surface area contributed by atoms with Gasteiger partial charge in [-0.05, 0) is 18.2 Å². The number of benzene rings is 1. The zero-order valence-corrected chi connectivity index (χ0v) is 11.8. The predicted molar refractivity (Wildman–Crippen MR) is 75.9 cm³/mol. The van der Waals surface area contributed by atoms with Gasteiger partial charge in [0, 0.05) is 22.8 Å². The van der Waals surface area contributed by atoms with E-state index >= 15 is 0 Å². The number of hydrogen-bond acceptors (Lipinski definition) is 4. The fourth-order valence-electron chi connectivity index (χ4n) is 1.64. The van der Waals surface area contributed by atoms with Crippen LogP contribution in [0.3, 0.4) is 0 Å². The lowest BCUT2D eigenvalue weighted by Gasteiger charge is -2.19. The number of carbonyl (C=O) groups excluding carboxylic acids is 1. The third-order valence-electron chi connectivity index (χ3n) is 2.54. The molecule has 0 bridgehead atoms. The molecule has 1 aliphatic rings. The molecular weight excluding hydrogens is 276 g/mol. The third kappa shape index (κ3) is 3.12. The first-order valence-electron chi connectivity index (χ1n) is 5.29. The Morgan fingerprint density at radius 1 is 1.47 bits per heavy atom. The predicted octanol–water partition coefficient (Wildman–Crippen LogP) is 3.38. The highest BCUT2D eigenvalue weighted by molar-refractivity contribution is 8.07. The van der Waals surface area contributed by atoms with Crippen molar-refractivity contribution in [1.82, 2.24) is 0 Å². The van der Waals surface area contributed by atoms with E-state index in [1.165, 1.54) is 0 Å². The van der Waals surface area contributed by atoms with Gasteiger partial charge in [0.1, 0.15) is 5.75 Å². The Morgan fingerprint density at radius 2 is 2.29 bits per heavy atom. The molecular formula is C12H13ClO2S2. The van der Waals surface area contributed by atoms with Crippen LogP contribution in [0.25, 0.3) is 0 Å². The van der Waals surface area contributed by atoms with Crippen molar-refractivity contribution in [1.29, 1.82) is 0 Å². The first-order chi connectivity index (χ1) is 8.22. The van der Waals surface area contributed by atoms with Gasteiger partial charge in [-0.2, -0.15) is 11.8 Å². The Morgan fingerprint density at radius 3 is 2.94 bits per heavy atom. The maximum Gasteiger partial charge on any atom is 0.176 e. The number of Topliss-reactive ketones (excluding diaryl/α,β-unsaturated/α-hetero) is 1. The molecule has 1 atom stereocenters. The molecule has 0 radical (unpaired) electrons. The van der Waals surface area contributed by atoms with Gasteiger partial charge >= 0.3 is 0 Å². The Hall–Kier alpha value is -0.320. The summed E-state index contributed by atoms with van der Waals surface area (Å²) in [5.74, 6) is 3.82. The lowest BCUT2D eigenvalue weighted by molar-refractivity contribution is 0.0995. The number of methoxy groups -OCH3 is 1.